The number of anilines is 1. The molecule has 6 nitrogen and oxygen atoms in total. The van der Waals surface area contributed by atoms with Crippen LogP contribution >= 0.6 is 0 Å². The molecule has 2 aromatic heterocycles. The second-order valence-corrected chi connectivity index (χ2v) is 4.29. The SMILES string of the molecule is Cc1nnc2ccc(N[C@H]3CCCOC3)nn12. The van der Waals surface area contributed by atoms with Crippen LogP contribution in [0.2, 0.25) is 0 Å². The van der Waals surface area contributed by atoms with E-state index < -0.39 is 0 Å². The van der Waals surface area contributed by atoms with Crippen molar-refractivity contribution in [3.05, 3.63) is 18.0 Å². The normalized spacial score (nSPS) is 20.6. The summed E-state index contributed by atoms with van der Waals surface area (Å²) in [5.41, 5.74) is 0.771. The maximum absolute atomic E-state index is 5.43. The molecular formula is C11H15N5O. The minimum absolute atomic E-state index is 0.352. The monoisotopic (exact) mass is 233 g/mol. The Morgan fingerprint density at radius 1 is 1.41 bits per heavy atom. The molecular weight excluding hydrogens is 218 g/mol. The number of hydrogen-bond acceptors (Lipinski definition) is 5. The van der Waals surface area contributed by atoms with Crippen LogP contribution in [0.25, 0.3) is 5.65 Å². The number of aryl methyl sites for hydroxylation is 1. The van der Waals surface area contributed by atoms with Crippen molar-refractivity contribution in [2.75, 3.05) is 18.5 Å². The van der Waals surface area contributed by atoms with Gasteiger partial charge < -0.3 is 10.1 Å². The molecule has 1 N–H and O–H groups in total. The number of aromatic nitrogens is 4. The molecule has 0 spiro atoms. The van der Waals surface area contributed by atoms with Crippen LogP contribution in [-0.4, -0.2) is 39.1 Å². The van der Waals surface area contributed by atoms with Gasteiger partial charge in [0.25, 0.3) is 0 Å². The minimum Gasteiger partial charge on any atom is -0.379 e. The van der Waals surface area contributed by atoms with Gasteiger partial charge in [-0.05, 0) is 31.9 Å². The van der Waals surface area contributed by atoms with E-state index in [0.29, 0.717) is 6.04 Å². The van der Waals surface area contributed by atoms with Gasteiger partial charge in [-0.3, -0.25) is 0 Å². The maximum Gasteiger partial charge on any atom is 0.178 e. The first-order valence-corrected chi connectivity index (χ1v) is 5.86. The average Bonchev–Trinajstić information content (AvgIpc) is 2.73. The van der Waals surface area contributed by atoms with Gasteiger partial charge in [-0.15, -0.1) is 15.3 Å². The quantitative estimate of drug-likeness (QED) is 0.839. The summed E-state index contributed by atoms with van der Waals surface area (Å²) in [4.78, 5) is 0. The lowest BCUT2D eigenvalue weighted by atomic mass is 10.1. The van der Waals surface area contributed by atoms with Crippen molar-refractivity contribution in [3.8, 4) is 0 Å². The summed E-state index contributed by atoms with van der Waals surface area (Å²) in [6.45, 7) is 3.51. The van der Waals surface area contributed by atoms with Gasteiger partial charge in [0.05, 0.1) is 12.6 Å². The zero-order chi connectivity index (χ0) is 11.7. The van der Waals surface area contributed by atoms with Crippen LogP contribution in [0, 0.1) is 6.92 Å². The molecule has 3 heterocycles. The van der Waals surface area contributed by atoms with Crippen molar-refractivity contribution in [2.45, 2.75) is 25.8 Å². The number of nitrogens with zero attached hydrogens (tertiary/aromatic N) is 4. The molecule has 1 saturated heterocycles. The van der Waals surface area contributed by atoms with E-state index in [1.807, 2.05) is 19.1 Å². The third-order valence-electron chi connectivity index (χ3n) is 2.93. The van der Waals surface area contributed by atoms with E-state index in [1.54, 1.807) is 4.52 Å². The van der Waals surface area contributed by atoms with E-state index in [2.05, 4.69) is 20.6 Å². The molecule has 3 rings (SSSR count). The highest BCUT2D eigenvalue weighted by Crippen LogP contribution is 2.13. The topological polar surface area (TPSA) is 64.3 Å². The lowest BCUT2D eigenvalue weighted by molar-refractivity contribution is 0.0875. The summed E-state index contributed by atoms with van der Waals surface area (Å²) < 4.78 is 7.17. The molecule has 0 aliphatic carbocycles. The van der Waals surface area contributed by atoms with Crippen molar-refractivity contribution >= 4 is 11.5 Å². The van der Waals surface area contributed by atoms with Crippen molar-refractivity contribution < 1.29 is 4.74 Å². The molecule has 1 aliphatic heterocycles. The molecule has 0 radical (unpaired) electrons. The maximum atomic E-state index is 5.43. The molecule has 0 bridgehead atoms. The van der Waals surface area contributed by atoms with Gasteiger partial charge in [-0.25, -0.2) is 0 Å². The van der Waals surface area contributed by atoms with Crippen LogP contribution in [0.15, 0.2) is 12.1 Å². The van der Waals surface area contributed by atoms with Crippen molar-refractivity contribution in [3.63, 3.8) is 0 Å². The van der Waals surface area contributed by atoms with Crippen LogP contribution in [0.3, 0.4) is 0 Å². The van der Waals surface area contributed by atoms with Crippen LogP contribution in [0.1, 0.15) is 18.7 Å². The molecule has 1 fully saturated rings. The molecule has 1 atom stereocenters. The summed E-state index contributed by atoms with van der Waals surface area (Å²) in [6, 6.07) is 4.20. The van der Waals surface area contributed by atoms with E-state index in [9.17, 15) is 0 Å². The Morgan fingerprint density at radius 3 is 3.18 bits per heavy atom. The van der Waals surface area contributed by atoms with E-state index in [1.165, 1.54) is 0 Å². The van der Waals surface area contributed by atoms with E-state index in [0.717, 1.165) is 43.3 Å². The van der Waals surface area contributed by atoms with Gasteiger partial charge in [-0.1, -0.05) is 0 Å². The Balaban J connectivity index is 1.82. The largest absolute Gasteiger partial charge is 0.379 e. The summed E-state index contributed by atoms with van der Waals surface area (Å²) in [7, 11) is 0. The summed E-state index contributed by atoms with van der Waals surface area (Å²) >= 11 is 0. The molecule has 6 heteroatoms. The fourth-order valence-electron chi connectivity index (χ4n) is 2.04. The fraction of sp³-hybridized carbons (Fsp3) is 0.545. The Bertz CT molecular complexity index is 518. The number of nitrogens with one attached hydrogen (secondary N) is 1. The highest BCUT2D eigenvalue weighted by molar-refractivity contribution is 5.44. The van der Waals surface area contributed by atoms with Crippen molar-refractivity contribution in [1.29, 1.82) is 0 Å². The predicted octanol–water partition coefficient (Wildman–Crippen LogP) is 1.02. The van der Waals surface area contributed by atoms with E-state index in [4.69, 9.17) is 4.74 Å². The zero-order valence-electron chi connectivity index (χ0n) is 9.76. The van der Waals surface area contributed by atoms with E-state index in [-0.39, 0.29) is 0 Å². The molecule has 1 aliphatic rings. The predicted molar refractivity (Wildman–Crippen MR) is 63.0 cm³/mol. The first-order chi connectivity index (χ1) is 8.33. The average molecular weight is 233 g/mol. The van der Waals surface area contributed by atoms with Crippen molar-refractivity contribution in [1.82, 2.24) is 19.8 Å². The second kappa shape index (κ2) is 4.29. The van der Waals surface area contributed by atoms with Gasteiger partial charge in [0, 0.05) is 6.61 Å². The molecule has 0 unspecified atom stereocenters. The molecule has 0 saturated carbocycles. The van der Waals surface area contributed by atoms with Crippen LogP contribution in [0.4, 0.5) is 5.82 Å². The highest BCUT2D eigenvalue weighted by Gasteiger charge is 2.14. The van der Waals surface area contributed by atoms with Gasteiger partial charge in [-0.2, -0.15) is 4.52 Å². The first kappa shape index (κ1) is 10.5. The van der Waals surface area contributed by atoms with Crippen molar-refractivity contribution in [2.24, 2.45) is 0 Å². The molecule has 0 aromatic carbocycles. The molecule has 90 valence electrons. The van der Waals surface area contributed by atoms with Gasteiger partial charge in [0.2, 0.25) is 0 Å². The van der Waals surface area contributed by atoms with Gasteiger partial charge in [0.15, 0.2) is 11.5 Å². The Kier molecular flexibility index (Phi) is 2.64. The fourth-order valence-corrected chi connectivity index (χ4v) is 2.04. The Labute approximate surface area is 99.0 Å². The zero-order valence-corrected chi connectivity index (χ0v) is 9.76. The molecule has 0 amide bonds. The highest BCUT2D eigenvalue weighted by atomic mass is 16.5. The summed E-state index contributed by atoms with van der Waals surface area (Å²) in [5.74, 6) is 1.64. The summed E-state index contributed by atoms with van der Waals surface area (Å²) in [6.07, 6.45) is 2.23. The lowest BCUT2D eigenvalue weighted by Gasteiger charge is -2.23. The Morgan fingerprint density at radius 2 is 2.35 bits per heavy atom. The number of rotatable bonds is 2. The molecule has 17 heavy (non-hydrogen) atoms. The van der Waals surface area contributed by atoms with Gasteiger partial charge >= 0.3 is 0 Å². The second-order valence-electron chi connectivity index (χ2n) is 4.29. The standard InChI is InChI=1S/C11H15N5O/c1-8-13-14-11-5-4-10(15-16(8)11)12-9-3-2-6-17-7-9/h4-5,9H,2-3,6-7H2,1H3,(H,12,15)/t9-/m0/s1. The van der Waals surface area contributed by atoms with Crippen LogP contribution in [0.5, 0.6) is 0 Å². The van der Waals surface area contributed by atoms with E-state index >= 15 is 0 Å². The number of ether oxygens (including phenoxy) is 1. The minimum atomic E-state index is 0.352. The van der Waals surface area contributed by atoms with Crippen LogP contribution in [-0.2, 0) is 4.74 Å². The summed E-state index contributed by atoms with van der Waals surface area (Å²) in [5, 5.41) is 15.8. The van der Waals surface area contributed by atoms with Gasteiger partial charge in [0.1, 0.15) is 5.82 Å². The third kappa shape index (κ3) is 2.08. The lowest BCUT2D eigenvalue weighted by Crippen LogP contribution is -2.30. The smallest absolute Gasteiger partial charge is 0.178 e. The Hall–Kier alpha value is -1.69. The molecule has 2 aromatic rings. The number of fused-ring (bicyclic) bond motifs is 1. The van der Waals surface area contributed by atoms with Crippen LogP contribution < -0.4 is 5.32 Å². The number of hydrogen-bond donors (Lipinski definition) is 1. The third-order valence-corrected chi connectivity index (χ3v) is 2.93. The first-order valence-electron chi connectivity index (χ1n) is 5.86.